The minimum Gasteiger partial charge on any atom is -0.354 e. The second-order valence-electron chi connectivity index (χ2n) is 7.68. The first-order valence-corrected chi connectivity index (χ1v) is 11.0. The van der Waals surface area contributed by atoms with Crippen molar-refractivity contribution in [2.24, 2.45) is 0 Å². The molecule has 1 atom stereocenters. The minimum atomic E-state index is -0.303. The maximum Gasteiger partial charge on any atom is 0.293 e. The number of carbonyl (C=O) groups is 3. The number of thioether (sulfide) groups is 1. The van der Waals surface area contributed by atoms with E-state index in [2.05, 4.69) is 11.4 Å². The Morgan fingerprint density at radius 3 is 2.73 bits per heavy atom. The van der Waals surface area contributed by atoms with Crippen molar-refractivity contribution in [2.75, 3.05) is 13.1 Å². The van der Waals surface area contributed by atoms with Crippen LogP contribution in [0.5, 0.6) is 0 Å². The lowest BCUT2D eigenvalue weighted by Crippen LogP contribution is -2.39. The van der Waals surface area contributed by atoms with Crippen molar-refractivity contribution in [3.63, 3.8) is 0 Å². The van der Waals surface area contributed by atoms with Crippen LogP contribution in [0.15, 0.2) is 53.4 Å². The molecule has 0 saturated carbocycles. The largest absolute Gasteiger partial charge is 0.354 e. The molecule has 1 aliphatic carbocycles. The number of hydrogen-bond donors (Lipinski definition) is 1. The van der Waals surface area contributed by atoms with E-state index < -0.39 is 0 Å². The fraction of sp³-hybridized carbons (Fsp3) is 0.292. The molecule has 30 heavy (non-hydrogen) atoms. The van der Waals surface area contributed by atoms with Crippen LogP contribution in [0.1, 0.15) is 41.0 Å². The smallest absolute Gasteiger partial charge is 0.293 e. The van der Waals surface area contributed by atoms with Gasteiger partial charge in [0.05, 0.1) is 10.8 Å². The fourth-order valence-corrected chi connectivity index (χ4v) is 4.81. The second-order valence-corrected chi connectivity index (χ2v) is 8.67. The summed E-state index contributed by atoms with van der Waals surface area (Å²) in [6, 6.07) is 15.8. The molecule has 1 aliphatic heterocycles. The molecule has 6 heteroatoms. The highest BCUT2D eigenvalue weighted by Gasteiger charge is 2.35. The summed E-state index contributed by atoms with van der Waals surface area (Å²) < 4.78 is 0. The van der Waals surface area contributed by atoms with Crippen molar-refractivity contribution in [3.05, 3.63) is 75.7 Å². The summed E-state index contributed by atoms with van der Waals surface area (Å²) in [6.45, 7) is 2.43. The Labute approximate surface area is 180 Å². The third-order valence-corrected chi connectivity index (χ3v) is 6.48. The van der Waals surface area contributed by atoms with Crippen LogP contribution in [0.3, 0.4) is 0 Å². The predicted molar refractivity (Wildman–Crippen MR) is 119 cm³/mol. The lowest BCUT2D eigenvalue weighted by atomic mass is 9.82. The van der Waals surface area contributed by atoms with E-state index >= 15 is 0 Å². The van der Waals surface area contributed by atoms with Crippen molar-refractivity contribution in [1.29, 1.82) is 0 Å². The van der Waals surface area contributed by atoms with E-state index in [0.29, 0.717) is 4.91 Å². The van der Waals surface area contributed by atoms with Gasteiger partial charge in [0, 0.05) is 13.1 Å². The van der Waals surface area contributed by atoms with E-state index in [9.17, 15) is 14.4 Å². The molecule has 0 unspecified atom stereocenters. The molecule has 1 saturated heterocycles. The number of fused-ring (bicyclic) bond motifs is 1. The lowest BCUT2D eigenvalue weighted by Gasteiger charge is -2.25. The average Bonchev–Trinajstić information content (AvgIpc) is 3.02. The number of nitrogens with zero attached hydrogens (tertiary/aromatic N) is 1. The zero-order valence-corrected chi connectivity index (χ0v) is 17.7. The number of carbonyl (C=O) groups excluding carboxylic acids is 3. The van der Waals surface area contributed by atoms with Gasteiger partial charge < -0.3 is 5.32 Å². The van der Waals surface area contributed by atoms with Gasteiger partial charge in [-0.15, -0.1) is 0 Å². The van der Waals surface area contributed by atoms with Crippen molar-refractivity contribution in [3.8, 4) is 0 Å². The topological polar surface area (TPSA) is 66.5 Å². The molecular formula is C24H24N2O3S. The summed E-state index contributed by atoms with van der Waals surface area (Å²) in [5, 5.41) is 2.62. The second kappa shape index (κ2) is 8.88. The number of nitrogens with one attached hydrogen (secondary N) is 1. The summed E-state index contributed by atoms with van der Waals surface area (Å²) in [7, 11) is 0. The summed E-state index contributed by atoms with van der Waals surface area (Å²) in [4.78, 5) is 39.3. The summed E-state index contributed by atoms with van der Waals surface area (Å²) in [6.07, 6.45) is 4.55. The monoisotopic (exact) mass is 420 g/mol. The first-order valence-electron chi connectivity index (χ1n) is 10.2. The fourth-order valence-electron chi connectivity index (χ4n) is 3.95. The van der Waals surface area contributed by atoms with E-state index in [1.807, 2.05) is 49.4 Å². The van der Waals surface area contributed by atoms with Crippen LogP contribution < -0.4 is 5.32 Å². The van der Waals surface area contributed by atoms with Crippen LogP contribution in [-0.2, 0) is 16.0 Å². The maximum absolute atomic E-state index is 12.7. The molecule has 3 amide bonds. The molecule has 0 aromatic heterocycles. The third kappa shape index (κ3) is 4.33. The molecule has 1 N–H and O–H groups in total. The number of aryl methyl sites for hydroxylation is 2. The zero-order valence-electron chi connectivity index (χ0n) is 16.9. The van der Waals surface area contributed by atoms with Gasteiger partial charge in [0.15, 0.2) is 0 Å². The molecular weight excluding hydrogens is 396 g/mol. The zero-order chi connectivity index (χ0) is 21.1. The molecule has 4 rings (SSSR count). The Morgan fingerprint density at radius 1 is 1.17 bits per heavy atom. The van der Waals surface area contributed by atoms with Crippen molar-refractivity contribution in [2.45, 2.75) is 32.1 Å². The summed E-state index contributed by atoms with van der Waals surface area (Å²) in [5.74, 6) is -0.501. The van der Waals surface area contributed by atoms with Gasteiger partial charge >= 0.3 is 0 Å². The van der Waals surface area contributed by atoms with Gasteiger partial charge in [0.1, 0.15) is 0 Å². The Hall–Kier alpha value is -2.86. The maximum atomic E-state index is 12.7. The Balaban J connectivity index is 1.35. The van der Waals surface area contributed by atoms with Crippen LogP contribution in [0, 0.1) is 6.92 Å². The molecule has 2 aromatic carbocycles. The number of imide groups is 1. The first kappa shape index (κ1) is 20.4. The molecule has 154 valence electrons. The van der Waals surface area contributed by atoms with E-state index in [1.54, 1.807) is 6.08 Å². The van der Waals surface area contributed by atoms with Gasteiger partial charge in [0.25, 0.3) is 11.1 Å². The standard InChI is InChI=1S/C24H24N2O3S/c1-16-9-11-17(12-10-16)15-21-23(28)26(24(29)30-21)14-13-25-22(27)20-8-4-6-18-5-2-3-7-19(18)20/h2-3,5,7,9-12,15,20H,4,6,8,13-14H2,1H3,(H,25,27)/b21-15+/t20-/m0/s1. The lowest BCUT2D eigenvalue weighted by molar-refractivity contribution is -0.125. The van der Waals surface area contributed by atoms with Crippen LogP contribution in [0.25, 0.3) is 6.08 Å². The quantitative estimate of drug-likeness (QED) is 0.734. The van der Waals surface area contributed by atoms with Crippen LogP contribution >= 0.6 is 11.8 Å². The number of benzene rings is 2. The van der Waals surface area contributed by atoms with Crippen LogP contribution in [0.4, 0.5) is 4.79 Å². The van der Waals surface area contributed by atoms with Crippen molar-refractivity contribution >= 4 is 34.9 Å². The number of rotatable bonds is 5. The molecule has 1 fully saturated rings. The normalized spacial score (nSPS) is 19.8. The highest BCUT2D eigenvalue weighted by Crippen LogP contribution is 2.33. The van der Waals surface area contributed by atoms with Gasteiger partial charge in [-0.2, -0.15) is 0 Å². The van der Waals surface area contributed by atoms with E-state index in [0.717, 1.165) is 47.7 Å². The van der Waals surface area contributed by atoms with E-state index in [1.165, 1.54) is 10.5 Å². The van der Waals surface area contributed by atoms with Gasteiger partial charge in [-0.1, -0.05) is 54.1 Å². The Bertz CT molecular complexity index is 1010. The number of amides is 3. The summed E-state index contributed by atoms with van der Waals surface area (Å²) in [5.41, 5.74) is 4.34. The molecule has 1 heterocycles. The Kier molecular flexibility index (Phi) is 6.04. The molecule has 5 nitrogen and oxygen atoms in total. The third-order valence-electron chi connectivity index (χ3n) is 5.57. The molecule has 0 radical (unpaired) electrons. The van der Waals surface area contributed by atoms with E-state index in [-0.39, 0.29) is 36.1 Å². The predicted octanol–water partition coefficient (Wildman–Crippen LogP) is 4.27. The molecule has 0 spiro atoms. The summed E-state index contributed by atoms with van der Waals surface area (Å²) >= 11 is 0.944. The first-order chi connectivity index (χ1) is 14.5. The molecule has 2 aromatic rings. The van der Waals surface area contributed by atoms with Crippen LogP contribution in [0.2, 0.25) is 0 Å². The van der Waals surface area contributed by atoms with Gasteiger partial charge in [-0.3, -0.25) is 19.3 Å². The molecule has 0 bridgehead atoms. The van der Waals surface area contributed by atoms with Gasteiger partial charge in [0.2, 0.25) is 5.91 Å². The highest BCUT2D eigenvalue weighted by molar-refractivity contribution is 8.18. The van der Waals surface area contributed by atoms with Gasteiger partial charge in [-0.05, 0) is 60.7 Å². The molecule has 2 aliphatic rings. The minimum absolute atomic E-state index is 0.0377. The van der Waals surface area contributed by atoms with Crippen LogP contribution in [-0.4, -0.2) is 35.0 Å². The van der Waals surface area contributed by atoms with Crippen molar-refractivity contribution < 1.29 is 14.4 Å². The van der Waals surface area contributed by atoms with E-state index in [4.69, 9.17) is 0 Å². The highest BCUT2D eigenvalue weighted by atomic mass is 32.2. The SMILES string of the molecule is Cc1ccc(/C=C2/SC(=O)N(CCNC(=O)[C@H]3CCCc4ccccc43)C2=O)cc1. The average molecular weight is 421 g/mol. The number of hydrogen-bond acceptors (Lipinski definition) is 4. The Morgan fingerprint density at radius 2 is 1.93 bits per heavy atom. The van der Waals surface area contributed by atoms with Crippen molar-refractivity contribution in [1.82, 2.24) is 10.2 Å². The van der Waals surface area contributed by atoms with Gasteiger partial charge in [-0.25, -0.2) is 0 Å².